The highest BCUT2D eigenvalue weighted by Gasteiger charge is 2.23. The van der Waals surface area contributed by atoms with E-state index in [0.29, 0.717) is 35.1 Å². The first-order chi connectivity index (χ1) is 14.8. The van der Waals surface area contributed by atoms with Gasteiger partial charge in [-0.2, -0.15) is 4.39 Å². The molecule has 1 aliphatic carbocycles. The monoisotopic (exact) mass is 430 g/mol. The normalized spacial score (nSPS) is 13.1. The number of aryl methyl sites for hydroxylation is 1. The molecule has 0 saturated carbocycles. The van der Waals surface area contributed by atoms with E-state index < -0.39 is 29.1 Å². The molecule has 0 N–H and O–H groups in total. The Balaban J connectivity index is 1.72. The molecule has 160 valence electrons. The van der Waals surface area contributed by atoms with E-state index in [2.05, 4.69) is 0 Å². The number of rotatable bonds is 4. The van der Waals surface area contributed by atoms with E-state index in [-0.39, 0.29) is 28.9 Å². The molecule has 1 aliphatic rings. The van der Waals surface area contributed by atoms with Crippen molar-refractivity contribution in [1.82, 2.24) is 0 Å². The molecule has 0 atom stereocenters. The fourth-order valence-corrected chi connectivity index (χ4v) is 3.94. The highest BCUT2D eigenvalue weighted by Crippen LogP contribution is 2.36. The number of benzene rings is 3. The lowest BCUT2D eigenvalue weighted by molar-refractivity contribution is 0.372. The zero-order valence-corrected chi connectivity index (χ0v) is 17.0. The van der Waals surface area contributed by atoms with Crippen LogP contribution in [0.5, 0.6) is 5.75 Å². The topological polar surface area (TPSA) is 9.23 Å². The highest BCUT2D eigenvalue weighted by molar-refractivity contribution is 5.74. The first-order valence-corrected chi connectivity index (χ1v) is 9.85. The summed E-state index contributed by atoms with van der Waals surface area (Å²) < 4.78 is 76.9. The van der Waals surface area contributed by atoms with Crippen molar-refractivity contribution in [2.24, 2.45) is 0 Å². The second-order valence-electron chi connectivity index (χ2n) is 7.41. The van der Waals surface area contributed by atoms with Gasteiger partial charge in [-0.15, -0.1) is 0 Å². The lowest BCUT2D eigenvalue weighted by atomic mass is 9.85. The molecule has 0 aromatic heterocycles. The summed E-state index contributed by atoms with van der Waals surface area (Å²) in [5, 5.41) is 0. The van der Waals surface area contributed by atoms with Crippen molar-refractivity contribution >= 4 is 5.57 Å². The summed E-state index contributed by atoms with van der Waals surface area (Å²) in [4.78, 5) is 0. The van der Waals surface area contributed by atoms with E-state index in [4.69, 9.17) is 4.74 Å². The van der Waals surface area contributed by atoms with Crippen LogP contribution in [0.2, 0.25) is 0 Å². The number of halogens is 5. The fraction of sp³-hybridized carbons (Fsp3) is 0.200. The summed E-state index contributed by atoms with van der Waals surface area (Å²) in [5.41, 5.74) is 2.01. The molecule has 4 rings (SSSR count). The number of ether oxygens (including phenoxy) is 1. The zero-order valence-electron chi connectivity index (χ0n) is 17.0. The summed E-state index contributed by atoms with van der Waals surface area (Å²) in [6.07, 6.45) is 2.66. The molecule has 31 heavy (non-hydrogen) atoms. The predicted molar refractivity (Wildman–Crippen MR) is 109 cm³/mol. The standard InChI is InChI=1S/C25H19F5O/c1-3-13-6-7-17(23(28)22(13)27)15-5-4-14-11-19(20(26)12-16(14)10-15)18-8-9-21(31-2)25(30)24(18)29/h5-9,11-12H,3-4,10H2,1-2H3. The maximum absolute atomic E-state index is 14.9. The fourth-order valence-electron chi connectivity index (χ4n) is 3.94. The van der Waals surface area contributed by atoms with Crippen LogP contribution in [0, 0.1) is 29.1 Å². The van der Waals surface area contributed by atoms with E-state index >= 15 is 0 Å². The molecule has 0 fully saturated rings. The van der Waals surface area contributed by atoms with Gasteiger partial charge in [0, 0.05) is 16.7 Å². The molecule has 0 radical (unpaired) electrons. The van der Waals surface area contributed by atoms with Crippen molar-refractivity contribution in [2.45, 2.75) is 26.2 Å². The Kier molecular flexibility index (Phi) is 5.56. The molecule has 0 aliphatic heterocycles. The third-order valence-electron chi connectivity index (χ3n) is 5.68. The third kappa shape index (κ3) is 3.60. The van der Waals surface area contributed by atoms with Crippen molar-refractivity contribution in [2.75, 3.05) is 7.11 Å². The molecule has 1 nitrogen and oxygen atoms in total. The Hall–Kier alpha value is -3.15. The Labute approximate surface area is 176 Å². The van der Waals surface area contributed by atoms with Crippen LogP contribution in [0.15, 0.2) is 42.5 Å². The Morgan fingerprint density at radius 1 is 0.774 bits per heavy atom. The minimum Gasteiger partial charge on any atom is -0.494 e. The van der Waals surface area contributed by atoms with Gasteiger partial charge in [-0.1, -0.05) is 25.1 Å². The maximum atomic E-state index is 14.9. The van der Waals surface area contributed by atoms with Gasteiger partial charge in [0.05, 0.1) is 7.11 Å². The van der Waals surface area contributed by atoms with Crippen LogP contribution in [0.3, 0.4) is 0 Å². The number of hydrogen-bond acceptors (Lipinski definition) is 1. The van der Waals surface area contributed by atoms with Crippen molar-refractivity contribution in [1.29, 1.82) is 0 Å². The van der Waals surface area contributed by atoms with E-state index in [9.17, 15) is 22.0 Å². The van der Waals surface area contributed by atoms with Gasteiger partial charge in [-0.25, -0.2) is 17.6 Å². The maximum Gasteiger partial charge on any atom is 0.201 e. The van der Waals surface area contributed by atoms with E-state index in [0.717, 1.165) is 0 Å². The molecule has 0 unspecified atom stereocenters. The zero-order chi connectivity index (χ0) is 22.3. The van der Waals surface area contributed by atoms with Crippen LogP contribution in [-0.4, -0.2) is 7.11 Å². The molecular weight excluding hydrogens is 411 g/mol. The minimum absolute atomic E-state index is 0.0702. The van der Waals surface area contributed by atoms with Gasteiger partial charge in [-0.3, -0.25) is 0 Å². The minimum atomic E-state index is -1.20. The molecule has 0 amide bonds. The largest absolute Gasteiger partial charge is 0.494 e. The second-order valence-corrected chi connectivity index (χ2v) is 7.41. The first kappa shape index (κ1) is 21.1. The van der Waals surface area contributed by atoms with Gasteiger partial charge >= 0.3 is 0 Å². The molecule has 0 heterocycles. The molecule has 0 bridgehead atoms. The smallest absolute Gasteiger partial charge is 0.201 e. The predicted octanol–water partition coefficient (Wildman–Crippen LogP) is 6.80. The number of fused-ring (bicyclic) bond motifs is 1. The average molecular weight is 430 g/mol. The summed E-state index contributed by atoms with van der Waals surface area (Å²) >= 11 is 0. The molecule has 0 spiro atoms. The van der Waals surface area contributed by atoms with Gasteiger partial charge in [0.2, 0.25) is 5.82 Å². The average Bonchev–Trinajstić information content (AvgIpc) is 2.77. The van der Waals surface area contributed by atoms with Crippen LogP contribution in [0.25, 0.3) is 16.7 Å². The quantitative estimate of drug-likeness (QED) is 0.414. The SMILES string of the molecule is CCc1ccc(C2=CCc3cc(-c4ccc(OC)c(F)c4F)c(F)cc3C2)c(F)c1F. The van der Waals surface area contributed by atoms with E-state index in [1.165, 1.54) is 37.4 Å². The van der Waals surface area contributed by atoms with Crippen LogP contribution in [0.1, 0.15) is 29.2 Å². The summed E-state index contributed by atoms with van der Waals surface area (Å²) in [5.74, 6) is -5.16. The number of methoxy groups -OCH3 is 1. The lowest BCUT2D eigenvalue weighted by Gasteiger charge is -2.20. The Morgan fingerprint density at radius 3 is 2.19 bits per heavy atom. The van der Waals surface area contributed by atoms with Crippen LogP contribution < -0.4 is 4.74 Å². The van der Waals surface area contributed by atoms with Gasteiger partial charge in [0.1, 0.15) is 5.82 Å². The summed E-state index contributed by atoms with van der Waals surface area (Å²) in [6.45, 7) is 1.74. The highest BCUT2D eigenvalue weighted by atomic mass is 19.2. The Bertz CT molecular complexity index is 1210. The van der Waals surface area contributed by atoms with Gasteiger partial charge in [0.15, 0.2) is 23.2 Å². The lowest BCUT2D eigenvalue weighted by Crippen LogP contribution is -2.07. The molecule has 6 heteroatoms. The second kappa shape index (κ2) is 8.17. The van der Waals surface area contributed by atoms with Gasteiger partial charge < -0.3 is 4.74 Å². The number of allylic oxidation sites excluding steroid dienone is 2. The van der Waals surface area contributed by atoms with Crippen LogP contribution in [-0.2, 0) is 19.3 Å². The number of hydrogen-bond donors (Lipinski definition) is 0. The van der Waals surface area contributed by atoms with Crippen molar-refractivity contribution < 1.29 is 26.7 Å². The van der Waals surface area contributed by atoms with E-state index in [1.807, 2.05) is 0 Å². The molecule has 0 saturated heterocycles. The Morgan fingerprint density at radius 2 is 1.48 bits per heavy atom. The third-order valence-corrected chi connectivity index (χ3v) is 5.68. The van der Waals surface area contributed by atoms with Crippen molar-refractivity contribution in [3.05, 3.63) is 93.8 Å². The first-order valence-electron chi connectivity index (χ1n) is 9.85. The molecular formula is C25H19F5O. The van der Waals surface area contributed by atoms with Crippen LogP contribution in [0.4, 0.5) is 22.0 Å². The molecule has 3 aromatic carbocycles. The molecule has 3 aromatic rings. The summed E-state index contributed by atoms with van der Waals surface area (Å²) in [7, 11) is 1.21. The van der Waals surface area contributed by atoms with Crippen molar-refractivity contribution in [3.63, 3.8) is 0 Å². The van der Waals surface area contributed by atoms with Gasteiger partial charge in [-0.05, 0) is 65.8 Å². The summed E-state index contributed by atoms with van der Waals surface area (Å²) in [6, 6.07) is 8.30. The van der Waals surface area contributed by atoms with E-state index in [1.54, 1.807) is 19.1 Å². The van der Waals surface area contributed by atoms with Crippen LogP contribution >= 0.6 is 0 Å². The van der Waals surface area contributed by atoms with Crippen molar-refractivity contribution in [3.8, 4) is 16.9 Å². The van der Waals surface area contributed by atoms with Gasteiger partial charge in [0.25, 0.3) is 0 Å².